The molecule has 1 aliphatic heterocycles. The van der Waals surface area contributed by atoms with E-state index in [1.54, 1.807) is 0 Å². The first kappa shape index (κ1) is 18.7. The molecule has 2 heterocycles. The summed E-state index contributed by atoms with van der Waals surface area (Å²) in [6.45, 7) is 7.49. The van der Waals surface area contributed by atoms with Crippen LogP contribution in [0.1, 0.15) is 18.1 Å². The number of benzene rings is 1. The van der Waals surface area contributed by atoms with Gasteiger partial charge in [-0.25, -0.2) is 0 Å². The third-order valence-electron chi connectivity index (χ3n) is 4.34. The van der Waals surface area contributed by atoms with Gasteiger partial charge in [0.1, 0.15) is 0 Å². The Balaban J connectivity index is 1.55. The predicted molar refractivity (Wildman–Crippen MR) is 102 cm³/mol. The maximum absolute atomic E-state index is 12.4. The van der Waals surface area contributed by atoms with E-state index in [9.17, 15) is 4.79 Å². The largest absolute Gasteiger partial charge is 0.378 e. The molecular formula is C18H25N5O2S. The lowest BCUT2D eigenvalue weighted by Gasteiger charge is -2.27. The van der Waals surface area contributed by atoms with Gasteiger partial charge in [0.05, 0.1) is 18.5 Å². The Morgan fingerprint density at radius 1 is 1.27 bits per heavy atom. The number of carbonyl (C=O) groups excluding carboxylic acids is 1. The number of nitrogens with one attached hydrogen (secondary N) is 1. The van der Waals surface area contributed by atoms with Crippen molar-refractivity contribution in [3.05, 3.63) is 35.4 Å². The fourth-order valence-electron chi connectivity index (χ4n) is 2.70. The zero-order valence-corrected chi connectivity index (χ0v) is 16.3. The fraction of sp³-hybridized carbons (Fsp3) is 0.500. The summed E-state index contributed by atoms with van der Waals surface area (Å²) in [7, 11) is 1.93. The van der Waals surface area contributed by atoms with Crippen LogP contribution in [0.4, 0.5) is 5.95 Å². The van der Waals surface area contributed by atoms with Gasteiger partial charge in [0.15, 0.2) is 5.16 Å². The van der Waals surface area contributed by atoms with Crippen molar-refractivity contribution < 1.29 is 9.53 Å². The number of aromatic nitrogens is 3. The molecule has 140 valence electrons. The van der Waals surface area contributed by atoms with Gasteiger partial charge in [0, 0.05) is 26.7 Å². The minimum absolute atomic E-state index is 0.00787. The van der Waals surface area contributed by atoms with Crippen LogP contribution in [0.5, 0.6) is 0 Å². The van der Waals surface area contributed by atoms with Crippen molar-refractivity contribution in [2.75, 3.05) is 31.2 Å². The number of rotatable bonds is 6. The zero-order valence-electron chi connectivity index (χ0n) is 15.4. The molecular weight excluding hydrogens is 350 g/mol. The molecule has 26 heavy (non-hydrogen) atoms. The molecule has 0 spiro atoms. The maximum Gasteiger partial charge on any atom is 0.233 e. The lowest BCUT2D eigenvalue weighted by molar-refractivity contribution is -0.120. The molecule has 1 amide bonds. The number of anilines is 1. The second kappa shape index (κ2) is 8.55. The average Bonchev–Trinajstić information content (AvgIpc) is 3.02. The molecule has 0 bridgehead atoms. The SMILES string of the molecule is Cc1ccc(CNC(=O)C(C)Sc2nnc(N3CCOCC3)n2C)cc1. The van der Waals surface area contributed by atoms with Crippen molar-refractivity contribution in [3.8, 4) is 0 Å². The molecule has 1 aromatic heterocycles. The Bertz CT molecular complexity index is 741. The van der Waals surface area contributed by atoms with Crippen LogP contribution in [0.25, 0.3) is 0 Å². The summed E-state index contributed by atoms with van der Waals surface area (Å²) in [5.74, 6) is 0.814. The topological polar surface area (TPSA) is 72.3 Å². The fourth-order valence-corrected chi connectivity index (χ4v) is 3.53. The van der Waals surface area contributed by atoms with Crippen molar-refractivity contribution >= 4 is 23.6 Å². The van der Waals surface area contributed by atoms with Gasteiger partial charge in [-0.1, -0.05) is 41.6 Å². The van der Waals surface area contributed by atoms with Crippen molar-refractivity contribution in [1.29, 1.82) is 0 Å². The Labute approximate surface area is 158 Å². The number of morpholine rings is 1. The summed E-state index contributed by atoms with van der Waals surface area (Å²) in [5.41, 5.74) is 2.30. The molecule has 2 aromatic rings. The first-order valence-electron chi connectivity index (χ1n) is 8.76. The van der Waals surface area contributed by atoms with E-state index in [1.807, 2.05) is 49.7 Å². The van der Waals surface area contributed by atoms with E-state index in [-0.39, 0.29) is 11.2 Å². The lowest BCUT2D eigenvalue weighted by Crippen LogP contribution is -2.37. The van der Waals surface area contributed by atoms with Crippen LogP contribution < -0.4 is 10.2 Å². The predicted octanol–water partition coefficient (Wildman–Crippen LogP) is 1.76. The van der Waals surface area contributed by atoms with Gasteiger partial charge in [-0.3, -0.25) is 9.36 Å². The van der Waals surface area contributed by atoms with Gasteiger partial charge < -0.3 is 15.0 Å². The molecule has 0 aliphatic carbocycles. The Morgan fingerprint density at radius 3 is 2.65 bits per heavy atom. The maximum atomic E-state index is 12.4. The minimum atomic E-state index is -0.249. The van der Waals surface area contributed by atoms with Crippen LogP contribution in [0.3, 0.4) is 0 Å². The van der Waals surface area contributed by atoms with Crippen LogP contribution in [-0.4, -0.2) is 52.2 Å². The van der Waals surface area contributed by atoms with Gasteiger partial charge in [0.25, 0.3) is 0 Å². The number of aryl methyl sites for hydroxylation is 1. The number of hydrogen-bond acceptors (Lipinski definition) is 6. The van der Waals surface area contributed by atoms with E-state index < -0.39 is 0 Å². The summed E-state index contributed by atoms with van der Waals surface area (Å²) in [6.07, 6.45) is 0. The molecule has 1 atom stereocenters. The molecule has 7 nitrogen and oxygen atoms in total. The number of hydrogen-bond donors (Lipinski definition) is 1. The highest BCUT2D eigenvalue weighted by atomic mass is 32.2. The monoisotopic (exact) mass is 375 g/mol. The van der Waals surface area contributed by atoms with Gasteiger partial charge in [-0.2, -0.15) is 0 Å². The molecule has 1 aromatic carbocycles. The van der Waals surface area contributed by atoms with E-state index in [1.165, 1.54) is 17.3 Å². The third-order valence-corrected chi connectivity index (χ3v) is 5.48. The summed E-state index contributed by atoms with van der Waals surface area (Å²) in [6, 6.07) is 8.16. The molecule has 0 radical (unpaired) electrons. The molecule has 1 N–H and O–H groups in total. The van der Waals surface area contributed by atoms with Crippen LogP contribution >= 0.6 is 11.8 Å². The molecule has 8 heteroatoms. The molecule has 1 unspecified atom stereocenters. The number of nitrogens with zero attached hydrogens (tertiary/aromatic N) is 4. The Kier molecular flexibility index (Phi) is 6.16. The van der Waals surface area contributed by atoms with Crippen molar-refractivity contribution in [1.82, 2.24) is 20.1 Å². The van der Waals surface area contributed by atoms with Crippen molar-refractivity contribution in [3.63, 3.8) is 0 Å². The van der Waals surface area contributed by atoms with Crippen LogP contribution in [0.2, 0.25) is 0 Å². The van der Waals surface area contributed by atoms with Gasteiger partial charge in [-0.15, -0.1) is 10.2 Å². The minimum Gasteiger partial charge on any atom is -0.378 e. The number of ether oxygens (including phenoxy) is 1. The smallest absolute Gasteiger partial charge is 0.233 e. The first-order valence-corrected chi connectivity index (χ1v) is 9.64. The van der Waals surface area contributed by atoms with E-state index >= 15 is 0 Å². The second-order valence-electron chi connectivity index (χ2n) is 6.40. The molecule has 1 aliphatic rings. The molecule has 1 saturated heterocycles. The highest BCUT2D eigenvalue weighted by Crippen LogP contribution is 2.24. The molecule has 1 fully saturated rings. The summed E-state index contributed by atoms with van der Waals surface area (Å²) in [5, 5.41) is 12.0. The standard InChI is InChI=1S/C18H25N5O2S/c1-13-4-6-15(7-5-13)12-19-16(24)14(2)26-18-21-20-17(22(18)3)23-8-10-25-11-9-23/h4-7,14H,8-12H2,1-3H3,(H,19,24). The Hall–Kier alpha value is -2.06. The average molecular weight is 375 g/mol. The summed E-state index contributed by atoms with van der Waals surface area (Å²) >= 11 is 1.42. The molecule has 0 saturated carbocycles. The number of thioether (sulfide) groups is 1. The van der Waals surface area contributed by atoms with Gasteiger partial charge in [-0.05, 0) is 19.4 Å². The van der Waals surface area contributed by atoms with Crippen LogP contribution in [0.15, 0.2) is 29.4 Å². The third kappa shape index (κ3) is 4.56. The van der Waals surface area contributed by atoms with Crippen molar-refractivity contribution in [2.24, 2.45) is 7.05 Å². The van der Waals surface area contributed by atoms with E-state index in [0.29, 0.717) is 19.8 Å². The highest BCUT2D eigenvalue weighted by molar-refractivity contribution is 8.00. The zero-order chi connectivity index (χ0) is 18.5. The quantitative estimate of drug-likeness (QED) is 0.776. The van der Waals surface area contributed by atoms with Crippen LogP contribution in [-0.2, 0) is 23.1 Å². The van der Waals surface area contributed by atoms with E-state index in [0.717, 1.165) is 29.8 Å². The van der Waals surface area contributed by atoms with E-state index in [2.05, 4.69) is 20.4 Å². The van der Waals surface area contributed by atoms with Crippen molar-refractivity contribution in [2.45, 2.75) is 30.8 Å². The van der Waals surface area contributed by atoms with E-state index in [4.69, 9.17) is 4.74 Å². The summed E-state index contributed by atoms with van der Waals surface area (Å²) < 4.78 is 7.32. The Morgan fingerprint density at radius 2 is 1.96 bits per heavy atom. The second-order valence-corrected chi connectivity index (χ2v) is 7.71. The molecule has 3 rings (SSSR count). The number of carbonyl (C=O) groups is 1. The normalized spacial score (nSPS) is 15.7. The van der Waals surface area contributed by atoms with Gasteiger partial charge >= 0.3 is 0 Å². The van der Waals surface area contributed by atoms with Crippen LogP contribution in [0, 0.1) is 6.92 Å². The first-order chi connectivity index (χ1) is 12.5. The summed E-state index contributed by atoms with van der Waals surface area (Å²) in [4.78, 5) is 14.5. The van der Waals surface area contributed by atoms with Gasteiger partial charge in [0.2, 0.25) is 11.9 Å². The highest BCUT2D eigenvalue weighted by Gasteiger charge is 2.22. The lowest BCUT2D eigenvalue weighted by atomic mass is 10.1. The number of amides is 1.